The zero-order chi connectivity index (χ0) is 18.8. The summed E-state index contributed by atoms with van der Waals surface area (Å²) in [5, 5.41) is 0. The molecule has 0 aromatic carbocycles. The van der Waals surface area contributed by atoms with E-state index in [2.05, 4.69) is 27.7 Å². The second-order valence-corrected chi connectivity index (χ2v) is 8.52. The molecule has 0 saturated heterocycles. The summed E-state index contributed by atoms with van der Waals surface area (Å²) in [6.07, 6.45) is 23.2. The van der Waals surface area contributed by atoms with Gasteiger partial charge in [0.25, 0.3) is 0 Å². The molecule has 160 valence electrons. The fourth-order valence-electron chi connectivity index (χ4n) is 3.47. The molecule has 0 bridgehead atoms. The predicted octanol–water partition coefficient (Wildman–Crippen LogP) is 8.16. The Morgan fingerprint density at radius 3 is 1.35 bits per heavy atom. The summed E-state index contributed by atoms with van der Waals surface area (Å²) in [5.74, 6) is 0. The van der Waals surface area contributed by atoms with E-state index in [4.69, 9.17) is 10.5 Å². The van der Waals surface area contributed by atoms with E-state index in [1.165, 1.54) is 96.3 Å². The summed E-state index contributed by atoms with van der Waals surface area (Å²) in [6.45, 7) is 8.71. The normalized spacial score (nSPS) is 12.8. The number of rotatable bonds is 19. The van der Waals surface area contributed by atoms with Crippen LogP contribution in [0.4, 0.5) is 0 Å². The van der Waals surface area contributed by atoms with Crippen molar-refractivity contribution in [2.45, 2.75) is 149 Å². The minimum absolute atomic E-state index is 0. The van der Waals surface area contributed by atoms with Crippen LogP contribution in [0.2, 0.25) is 0 Å². The topological polar surface area (TPSA) is 35.2 Å². The van der Waals surface area contributed by atoms with Crippen LogP contribution in [-0.2, 0) is 4.74 Å². The van der Waals surface area contributed by atoms with Gasteiger partial charge in [0.15, 0.2) is 0 Å². The molecular weight excluding hydrogens is 342 g/mol. The van der Waals surface area contributed by atoms with Crippen molar-refractivity contribution in [2.24, 2.45) is 5.73 Å². The lowest BCUT2D eigenvalue weighted by Gasteiger charge is -2.28. The van der Waals surface area contributed by atoms with Gasteiger partial charge in [-0.15, -0.1) is 12.4 Å². The second-order valence-electron chi connectivity index (χ2n) is 8.52. The molecular formula is C23H50ClNO. The fourth-order valence-corrected chi connectivity index (χ4v) is 3.47. The molecule has 26 heavy (non-hydrogen) atoms. The first-order valence-electron chi connectivity index (χ1n) is 11.4. The Bertz CT molecular complexity index is 271. The van der Waals surface area contributed by atoms with E-state index < -0.39 is 0 Å². The maximum Gasteiger partial charge on any atom is 0.106 e. The molecule has 0 aromatic heterocycles. The Morgan fingerprint density at radius 2 is 1.00 bits per heavy atom. The highest BCUT2D eigenvalue weighted by Gasteiger charge is 2.20. The van der Waals surface area contributed by atoms with Gasteiger partial charge in [0.2, 0.25) is 0 Å². The zero-order valence-corrected chi connectivity index (χ0v) is 19.3. The Labute approximate surface area is 171 Å². The first-order chi connectivity index (χ1) is 12.0. The molecule has 0 fully saturated rings. The van der Waals surface area contributed by atoms with Crippen molar-refractivity contribution >= 4 is 12.4 Å². The average Bonchev–Trinajstić information content (AvgIpc) is 2.57. The van der Waals surface area contributed by atoms with Crippen LogP contribution in [0, 0.1) is 0 Å². The van der Waals surface area contributed by atoms with E-state index in [-0.39, 0.29) is 24.2 Å². The van der Waals surface area contributed by atoms with Gasteiger partial charge in [0.1, 0.15) is 6.23 Å². The van der Waals surface area contributed by atoms with Gasteiger partial charge in [-0.05, 0) is 26.7 Å². The molecule has 0 aliphatic carbocycles. The van der Waals surface area contributed by atoms with Crippen molar-refractivity contribution in [1.29, 1.82) is 0 Å². The van der Waals surface area contributed by atoms with E-state index in [0.29, 0.717) is 0 Å². The molecule has 0 spiro atoms. The van der Waals surface area contributed by atoms with Crippen LogP contribution < -0.4 is 5.73 Å². The molecule has 0 heterocycles. The van der Waals surface area contributed by atoms with E-state index in [0.717, 1.165) is 12.8 Å². The van der Waals surface area contributed by atoms with Crippen molar-refractivity contribution in [2.75, 3.05) is 0 Å². The summed E-state index contributed by atoms with van der Waals surface area (Å²) >= 11 is 0. The van der Waals surface area contributed by atoms with Gasteiger partial charge in [-0.3, -0.25) is 0 Å². The number of halogens is 1. The van der Waals surface area contributed by atoms with Gasteiger partial charge in [0, 0.05) is 0 Å². The molecule has 0 rings (SSSR count). The molecule has 0 amide bonds. The lowest BCUT2D eigenvalue weighted by Crippen LogP contribution is -2.35. The third kappa shape index (κ3) is 20.5. The smallest absolute Gasteiger partial charge is 0.106 e. The molecule has 0 saturated carbocycles. The highest BCUT2D eigenvalue weighted by molar-refractivity contribution is 5.85. The monoisotopic (exact) mass is 391 g/mol. The number of nitrogens with two attached hydrogens (primary N) is 1. The van der Waals surface area contributed by atoms with Gasteiger partial charge in [-0.25, -0.2) is 0 Å². The predicted molar refractivity (Wildman–Crippen MR) is 120 cm³/mol. The molecule has 1 atom stereocenters. The number of ether oxygens (including phenoxy) is 1. The number of hydrogen-bond acceptors (Lipinski definition) is 2. The van der Waals surface area contributed by atoms with Gasteiger partial charge in [-0.2, -0.15) is 0 Å². The Balaban J connectivity index is 0. The summed E-state index contributed by atoms with van der Waals surface area (Å²) in [4.78, 5) is 0. The van der Waals surface area contributed by atoms with Gasteiger partial charge in [0.05, 0.1) is 5.60 Å². The lowest BCUT2D eigenvalue weighted by atomic mass is 9.98. The molecule has 0 aromatic rings. The first-order valence-corrected chi connectivity index (χ1v) is 11.4. The summed E-state index contributed by atoms with van der Waals surface area (Å²) in [6, 6.07) is 0. The van der Waals surface area contributed by atoms with Crippen LogP contribution in [0.15, 0.2) is 0 Å². The van der Waals surface area contributed by atoms with Gasteiger partial charge < -0.3 is 10.5 Å². The summed E-state index contributed by atoms with van der Waals surface area (Å²) in [5.41, 5.74) is 5.83. The highest BCUT2D eigenvalue weighted by Crippen LogP contribution is 2.21. The fraction of sp³-hybridized carbons (Fsp3) is 1.00. The maximum atomic E-state index is 5.89. The van der Waals surface area contributed by atoms with Crippen LogP contribution in [0.5, 0.6) is 0 Å². The molecule has 3 heteroatoms. The summed E-state index contributed by atoms with van der Waals surface area (Å²) < 4.78 is 5.88. The van der Waals surface area contributed by atoms with Crippen LogP contribution in [-0.4, -0.2) is 11.8 Å². The largest absolute Gasteiger partial charge is 0.358 e. The molecule has 0 aliphatic heterocycles. The van der Waals surface area contributed by atoms with Crippen LogP contribution >= 0.6 is 12.4 Å². The van der Waals surface area contributed by atoms with E-state index >= 15 is 0 Å². The minimum Gasteiger partial charge on any atom is -0.358 e. The molecule has 0 aliphatic rings. The van der Waals surface area contributed by atoms with Crippen LogP contribution in [0.25, 0.3) is 0 Å². The van der Waals surface area contributed by atoms with Crippen molar-refractivity contribution < 1.29 is 4.74 Å². The van der Waals surface area contributed by atoms with E-state index in [1.54, 1.807) is 0 Å². The van der Waals surface area contributed by atoms with Crippen molar-refractivity contribution in [3.63, 3.8) is 0 Å². The first kappa shape index (κ1) is 28.4. The third-order valence-corrected chi connectivity index (χ3v) is 5.26. The zero-order valence-electron chi connectivity index (χ0n) is 18.5. The molecule has 2 nitrogen and oxygen atoms in total. The number of hydrogen-bond donors (Lipinski definition) is 1. The molecule has 0 radical (unpaired) electrons. The molecule has 1 unspecified atom stereocenters. The SMILES string of the molecule is CCCCCCCCCCCCCCCCCC(C)(C)OC(N)CC.Cl. The Kier molecular flexibility index (Phi) is 21.8. The van der Waals surface area contributed by atoms with Crippen molar-refractivity contribution in [3.05, 3.63) is 0 Å². The van der Waals surface area contributed by atoms with E-state index in [1.807, 2.05) is 0 Å². The minimum atomic E-state index is -0.105. The average molecular weight is 392 g/mol. The Hall–Kier alpha value is 0.210. The van der Waals surface area contributed by atoms with Gasteiger partial charge in [-0.1, -0.05) is 110 Å². The quantitative estimate of drug-likeness (QED) is 0.178. The highest BCUT2D eigenvalue weighted by atomic mass is 35.5. The number of unbranched alkanes of at least 4 members (excludes halogenated alkanes) is 14. The second kappa shape index (κ2) is 20.0. The van der Waals surface area contributed by atoms with Crippen molar-refractivity contribution in [1.82, 2.24) is 0 Å². The van der Waals surface area contributed by atoms with Gasteiger partial charge >= 0.3 is 0 Å². The van der Waals surface area contributed by atoms with E-state index in [9.17, 15) is 0 Å². The Morgan fingerprint density at radius 1 is 0.654 bits per heavy atom. The van der Waals surface area contributed by atoms with Crippen LogP contribution in [0.1, 0.15) is 137 Å². The van der Waals surface area contributed by atoms with Crippen molar-refractivity contribution in [3.8, 4) is 0 Å². The summed E-state index contributed by atoms with van der Waals surface area (Å²) in [7, 11) is 0. The third-order valence-electron chi connectivity index (χ3n) is 5.26. The lowest BCUT2D eigenvalue weighted by molar-refractivity contribution is -0.0755. The molecule has 2 N–H and O–H groups in total. The van der Waals surface area contributed by atoms with Crippen LogP contribution in [0.3, 0.4) is 0 Å². The standard InChI is InChI=1S/C23H49NO.ClH/c1-5-7-8-9-10-11-12-13-14-15-16-17-18-19-20-21-23(3,4)25-22(24)6-2;/h22H,5-21,24H2,1-4H3;1H. The maximum absolute atomic E-state index is 5.89.